The van der Waals surface area contributed by atoms with Gasteiger partial charge in [0.2, 0.25) is 0 Å². The number of hydrogen-bond donors (Lipinski definition) is 2. The lowest BCUT2D eigenvalue weighted by atomic mass is 10.2. The average molecular weight is 195 g/mol. The van der Waals surface area contributed by atoms with Crippen molar-refractivity contribution in [3.8, 4) is 0 Å². The van der Waals surface area contributed by atoms with E-state index in [2.05, 4.69) is 4.98 Å². The Kier molecular flexibility index (Phi) is 1.74. The molecule has 0 bridgehead atoms. The zero-order chi connectivity index (χ0) is 9.42. The van der Waals surface area contributed by atoms with Crippen molar-refractivity contribution < 1.29 is 4.79 Å². The van der Waals surface area contributed by atoms with Crippen LogP contribution in [0.3, 0.4) is 0 Å². The van der Waals surface area contributed by atoms with Crippen LogP contribution in [0.1, 0.15) is 10.5 Å². The summed E-state index contributed by atoms with van der Waals surface area (Å²) in [7, 11) is 0. The molecule has 0 aliphatic heterocycles. The number of aromatic amines is 1. The van der Waals surface area contributed by atoms with Gasteiger partial charge in [0, 0.05) is 15.9 Å². The molecular weight excluding hydrogens is 188 g/mol. The second kappa shape index (κ2) is 2.78. The second-order valence-corrected chi connectivity index (χ2v) is 3.16. The number of H-pyrrole nitrogens is 1. The van der Waals surface area contributed by atoms with Crippen LogP contribution in [-0.4, -0.2) is 10.9 Å². The van der Waals surface area contributed by atoms with Gasteiger partial charge < -0.3 is 10.7 Å². The fraction of sp³-hybridized carbons (Fsp3) is 0. The fourth-order valence-electron chi connectivity index (χ4n) is 1.25. The molecule has 0 fully saturated rings. The van der Waals surface area contributed by atoms with E-state index < -0.39 is 5.91 Å². The Morgan fingerprint density at radius 1 is 1.46 bits per heavy atom. The number of nitrogens with one attached hydrogen (secondary N) is 1. The average Bonchev–Trinajstić information content (AvgIpc) is 2.49. The minimum atomic E-state index is -0.479. The molecule has 1 amide bonds. The number of amides is 1. The Morgan fingerprint density at radius 3 is 2.85 bits per heavy atom. The SMILES string of the molecule is NC(=O)c1cc2c(Cl)cccc2[nH]1. The van der Waals surface area contributed by atoms with Gasteiger partial charge in [0.05, 0.1) is 0 Å². The van der Waals surface area contributed by atoms with Gasteiger partial charge in [-0.3, -0.25) is 4.79 Å². The van der Waals surface area contributed by atoms with Gasteiger partial charge in [0.15, 0.2) is 0 Å². The van der Waals surface area contributed by atoms with Gasteiger partial charge in [0.1, 0.15) is 5.69 Å². The molecule has 0 saturated heterocycles. The maximum absolute atomic E-state index is 10.8. The van der Waals surface area contributed by atoms with E-state index in [1.165, 1.54) is 0 Å². The van der Waals surface area contributed by atoms with Gasteiger partial charge in [0.25, 0.3) is 5.91 Å². The van der Waals surface area contributed by atoms with E-state index in [1.54, 1.807) is 12.1 Å². The van der Waals surface area contributed by atoms with Crippen molar-refractivity contribution >= 4 is 28.4 Å². The highest BCUT2D eigenvalue weighted by atomic mass is 35.5. The highest BCUT2D eigenvalue weighted by molar-refractivity contribution is 6.35. The number of primary amides is 1. The van der Waals surface area contributed by atoms with Crippen LogP contribution in [0.5, 0.6) is 0 Å². The summed E-state index contributed by atoms with van der Waals surface area (Å²) in [6.45, 7) is 0. The number of aromatic nitrogens is 1. The molecule has 13 heavy (non-hydrogen) atoms. The van der Waals surface area contributed by atoms with Gasteiger partial charge in [-0.25, -0.2) is 0 Å². The number of rotatable bonds is 1. The second-order valence-electron chi connectivity index (χ2n) is 2.75. The highest BCUT2D eigenvalue weighted by Crippen LogP contribution is 2.23. The summed E-state index contributed by atoms with van der Waals surface area (Å²) in [6.07, 6.45) is 0. The van der Waals surface area contributed by atoms with Gasteiger partial charge in [-0.2, -0.15) is 0 Å². The number of fused-ring (bicyclic) bond motifs is 1. The molecular formula is C9H7ClN2O. The first-order valence-electron chi connectivity index (χ1n) is 3.75. The number of carbonyl (C=O) groups excluding carboxylic acids is 1. The van der Waals surface area contributed by atoms with Crippen LogP contribution < -0.4 is 5.73 Å². The van der Waals surface area contributed by atoms with Crippen LogP contribution in [0.25, 0.3) is 10.9 Å². The van der Waals surface area contributed by atoms with Crippen molar-refractivity contribution in [2.24, 2.45) is 5.73 Å². The molecule has 0 radical (unpaired) electrons. The minimum Gasteiger partial charge on any atom is -0.364 e. The zero-order valence-electron chi connectivity index (χ0n) is 6.67. The summed E-state index contributed by atoms with van der Waals surface area (Å²) in [5, 5.41) is 1.43. The van der Waals surface area contributed by atoms with Crippen LogP contribution in [0.2, 0.25) is 5.02 Å². The first-order chi connectivity index (χ1) is 6.18. The predicted molar refractivity (Wildman–Crippen MR) is 51.8 cm³/mol. The van der Waals surface area contributed by atoms with E-state index in [0.717, 1.165) is 10.9 Å². The van der Waals surface area contributed by atoms with E-state index in [0.29, 0.717) is 10.7 Å². The molecule has 0 unspecified atom stereocenters. The smallest absolute Gasteiger partial charge is 0.265 e. The molecule has 1 aromatic heterocycles. The Bertz CT molecular complexity index is 475. The van der Waals surface area contributed by atoms with Crippen LogP contribution >= 0.6 is 11.6 Å². The third-order valence-electron chi connectivity index (χ3n) is 1.88. The first-order valence-corrected chi connectivity index (χ1v) is 4.13. The molecule has 1 aromatic carbocycles. The van der Waals surface area contributed by atoms with E-state index in [9.17, 15) is 4.79 Å². The van der Waals surface area contributed by atoms with Crippen molar-refractivity contribution in [3.63, 3.8) is 0 Å². The summed E-state index contributed by atoms with van der Waals surface area (Å²) in [5.41, 5.74) is 6.31. The number of carbonyl (C=O) groups is 1. The Labute approximate surface area is 79.5 Å². The van der Waals surface area contributed by atoms with Crippen LogP contribution in [0, 0.1) is 0 Å². The van der Waals surface area contributed by atoms with E-state index >= 15 is 0 Å². The lowest BCUT2D eigenvalue weighted by Crippen LogP contribution is -2.10. The molecule has 0 saturated carbocycles. The fourth-order valence-corrected chi connectivity index (χ4v) is 1.48. The van der Waals surface area contributed by atoms with Gasteiger partial charge in [-0.1, -0.05) is 17.7 Å². The number of benzene rings is 1. The largest absolute Gasteiger partial charge is 0.364 e. The maximum atomic E-state index is 10.8. The van der Waals surface area contributed by atoms with Gasteiger partial charge in [-0.15, -0.1) is 0 Å². The van der Waals surface area contributed by atoms with E-state index in [1.807, 2.05) is 12.1 Å². The topological polar surface area (TPSA) is 58.9 Å². The summed E-state index contributed by atoms with van der Waals surface area (Å²) in [6, 6.07) is 7.07. The van der Waals surface area contributed by atoms with Gasteiger partial charge in [-0.05, 0) is 18.2 Å². The Balaban J connectivity index is 2.75. The van der Waals surface area contributed by atoms with Crippen LogP contribution in [0.4, 0.5) is 0 Å². The molecule has 0 spiro atoms. The third-order valence-corrected chi connectivity index (χ3v) is 2.21. The molecule has 0 atom stereocenters. The Hall–Kier alpha value is -1.48. The van der Waals surface area contributed by atoms with E-state index in [4.69, 9.17) is 17.3 Å². The highest BCUT2D eigenvalue weighted by Gasteiger charge is 2.06. The molecule has 2 aromatic rings. The van der Waals surface area contributed by atoms with Crippen molar-refractivity contribution in [1.29, 1.82) is 0 Å². The van der Waals surface area contributed by atoms with Gasteiger partial charge >= 0.3 is 0 Å². The molecule has 0 aliphatic carbocycles. The van der Waals surface area contributed by atoms with Crippen LogP contribution in [0.15, 0.2) is 24.3 Å². The normalized spacial score (nSPS) is 10.5. The quantitative estimate of drug-likeness (QED) is 0.716. The number of nitrogens with two attached hydrogens (primary N) is 1. The molecule has 1 heterocycles. The summed E-state index contributed by atoms with van der Waals surface area (Å²) >= 11 is 5.90. The third kappa shape index (κ3) is 1.27. The lowest BCUT2D eigenvalue weighted by Gasteiger charge is -1.89. The Morgan fingerprint density at radius 2 is 2.23 bits per heavy atom. The molecule has 66 valence electrons. The van der Waals surface area contributed by atoms with E-state index in [-0.39, 0.29) is 0 Å². The van der Waals surface area contributed by atoms with Crippen molar-refractivity contribution in [1.82, 2.24) is 4.98 Å². The van der Waals surface area contributed by atoms with Crippen LogP contribution in [-0.2, 0) is 0 Å². The van der Waals surface area contributed by atoms with Crippen molar-refractivity contribution in [2.45, 2.75) is 0 Å². The predicted octanol–water partition coefficient (Wildman–Crippen LogP) is 1.92. The first kappa shape index (κ1) is 8.13. The molecule has 4 heteroatoms. The minimum absolute atomic E-state index is 0.378. The van der Waals surface area contributed by atoms with Crippen molar-refractivity contribution in [3.05, 3.63) is 35.0 Å². The van der Waals surface area contributed by atoms with Crippen molar-refractivity contribution in [2.75, 3.05) is 0 Å². The summed E-state index contributed by atoms with van der Waals surface area (Å²) in [4.78, 5) is 13.7. The number of halogens is 1. The molecule has 2 rings (SSSR count). The summed E-state index contributed by atoms with van der Waals surface area (Å²) < 4.78 is 0. The molecule has 0 aliphatic rings. The summed E-state index contributed by atoms with van der Waals surface area (Å²) in [5.74, 6) is -0.479. The lowest BCUT2D eigenvalue weighted by molar-refractivity contribution is 0.0996. The number of hydrogen-bond acceptors (Lipinski definition) is 1. The zero-order valence-corrected chi connectivity index (χ0v) is 7.43. The standard InChI is InChI=1S/C9H7ClN2O/c10-6-2-1-3-7-5(6)4-8(12-7)9(11)13/h1-4,12H,(H2,11,13). The monoisotopic (exact) mass is 194 g/mol. The molecule has 3 nitrogen and oxygen atoms in total. The molecule has 3 N–H and O–H groups in total. The maximum Gasteiger partial charge on any atom is 0.265 e.